The highest BCUT2D eigenvalue weighted by Crippen LogP contribution is 2.20. The topological polar surface area (TPSA) is 146 Å². The molecule has 10 nitrogen and oxygen atoms in total. The second-order valence-electron chi connectivity index (χ2n) is 7.61. The number of carboxylic acid groups (broad SMARTS) is 1. The fourth-order valence-electron chi connectivity index (χ4n) is 3.78. The highest BCUT2D eigenvalue weighted by molar-refractivity contribution is 6.06. The Labute approximate surface area is 184 Å². The lowest BCUT2D eigenvalue weighted by molar-refractivity contribution is -0.141. The lowest BCUT2D eigenvalue weighted by Gasteiger charge is -2.27. The molecule has 1 saturated heterocycles. The minimum absolute atomic E-state index is 0.195. The number of benzene rings is 1. The van der Waals surface area contributed by atoms with Crippen molar-refractivity contribution in [1.82, 2.24) is 20.5 Å². The van der Waals surface area contributed by atoms with Gasteiger partial charge in [0.1, 0.15) is 24.1 Å². The van der Waals surface area contributed by atoms with Crippen LogP contribution in [0.5, 0.6) is 0 Å². The predicted molar refractivity (Wildman–Crippen MR) is 114 cm³/mol. The molecule has 0 aliphatic carbocycles. The molecule has 1 fully saturated rings. The first-order valence-electron chi connectivity index (χ1n) is 10.2. The number of amides is 3. The summed E-state index contributed by atoms with van der Waals surface area (Å²) in [5.74, 6) is -2.77. The molecule has 1 aliphatic heterocycles. The number of pyridine rings is 1. The second-order valence-corrected chi connectivity index (χ2v) is 7.61. The molecule has 3 amide bonds. The van der Waals surface area contributed by atoms with Crippen LogP contribution in [0.25, 0.3) is 10.8 Å². The van der Waals surface area contributed by atoms with Gasteiger partial charge in [0.05, 0.1) is 12.5 Å². The highest BCUT2D eigenvalue weighted by atomic mass is 16.4. The Bertz CT molecular complexity index is 1050. The van der Waals surface area contributed by atoms with E-state index in [0.717, 1.165) is 5.39 Å². The number of rotatable bonds is 8. The number of nitrogens with zero attached hydrogens (tertiary/aromatic N) is 2. The molecule has 2 heterocycles. The third kappa shape index (κ3) is 5.08. The third-order valence-electron chi connectivity index (χ3n) is 5.33. The van der Waals surface area contributed by atoms with Crippen LogP contribution in [0.4, 0.5) is 0 Å². The molecule has 2 aromatic rings. The summed E-state index contributed by atoms with van der Waals surface area (Å²) in [4.78, 5) is 65.7. The van der Waals surface area contributed by atoms with Gasteiger partial charge in [-0.2, -0.15) is 0 Å². The largest absolute Gasteiger partial charge is 0.481 e. The summed E-state index contributed by atoms with van der Waals surface area (Å²) in [5.41, 5.74) is 0.195. The van der Waals surface area contributed by atoms with Crippen molar-refractivity contribution in [2.24, 2.45) is 0 Å². The minimum atomic E-state index is -1.22. The second kappa shape index (κ2) is 9.99. The van der Waals surface area contributed by atoms with Crippen LogP contribution in [0.1, 0.15) is 36.7 Å². The zero-order valence-electron chi connectivity index (χ0n) is 17.5. The number of aldehydes is 1. The maximum absolute atomic E-state index is 13.0. The van der Waals surface area contributed by atoms with E-state index in [-0.39, 0.29) is 5.69 Å². The molecule has 0 unspecified atom stereocenters. The Morgan fingerprint density at radius 3 is 2.69 bits per heavy atom. The van der Waals surface area contributed by atoms with Crippen molar-refractivity contribution in [3.8, 4) is 0 Å². The molecule has 0 radical (unpaired) electrons. The van der Waals surface area contributed by atoms with Crippen LogP contribution in [0.3, 0.4) is 0 Å². The van der Waals surface area contributed by atoms with Crippen LogP contribution < -0.4 is 10.6 Å². The van der Waals surface area contributed by atoms with Gasteiger partial charge in [0.15, 0.2) is 0 Å². The molecule has 1 aliphatic rings. The number of hydrogen-bond donors (Lipinski definition) is 3. The SMILES string of the molecule is C[C@H](NC(=O)c1nccc2ccccc12)C(=O)N1CCC[C@H]1C(=O)N[C@H](C=O)CC(=O)O. The first kappa shape index (κ1) is 22.9. The van der Waals surface area contributed by atoms with Crippen molar-refractivity contribution in [2.45, 2.75) is 44.3 Å². The fraction of sp³-hybridized carbons (Fsp3) is 0.364. The maximum atomic E-state index is 13.0. The van der Waals surface area contributed by atoms with Gasteiger partial charge in [0.2, 0.25) is 11.8 Å². The Balaban J connectivity index is 1.67. The molecule has 0 saturated carbocycles. The third-order valence-corrected chi connectivity index (χ3v) is 5.33. The number of carbonyl (C=O) groups is 5. The van der Waals surface area contributed by atoms with E-state index >= 15 is 0 Å². The molecule has 1 aromatic carbocycles. The van der Waals surface area contributed by atoms with Gasteiger partial charge in [-0.1, -0.05) is 24.3 Å². The highest BCUT2D eigenvalue weighted by Gasteiger charge is 2.37. The molecule has 1 aromatic heterocycles. The van der Waals surface area contributed by atoms with Crippen LogP contribution in [0.15, 0.2) is 36.5 Å². The lowest BCUT2D eigenvalue weighted by Crippen LogP contribution is -2.54. The summed E-state index contributed by atoms with van der Waals surface area (Å²) in [6.45, 7) is 1.84. The number of likely N-dealkylation sites (tertiary alicyclic amines) is 1. The van der Waals surface area contributed by atoms with E-state index in [0.29, 0.717) is 31.1 Å². The van der Waals surface area contributed by atoms with Gasteiger partial charge in [0, 0.05) is 18.1 Å². The Morgan fingerprint density at radius 1 is 1.22 bits per heavy atom. The van der Waals surface area contributed by atoms with E-state index in [9.17, 15) is 24.0 Å². The van der Waals surface area contributed by atoms with Crippen molar-refractivity contribution in [1.29, 1.82) is 0 Å². The fourth-order valence-corrected chi connectivity index (χ4v) is 3.78. The van der Waals surface area contributed by atoms with E-state index < -0.39 is 48.2 Å². The molecular formula is C22H24N4O6. The Kier molecular flexibility index (Phi) is 7.14. The van der Waals surface area contributed by atoms with Crippen LogP contribution in [-0.2, 0) is 19.2 Å². The van der Waals surface area contributed by atoms with E-state index in [2.05, 4.69) is 15.6 Å². The van der Waals surface area contributed by atoms with E-state index in [1.807, 2.05) is 12.1 Å². The van der Waals surface area contributed by atoms with Gasteiger partial charge in [-0.3, -0.25) is 24.2 Å². The molecule has 3 atom stereocenters. The van der Waals surface area contributed by atoms with E-state index in [4.69, 9.17) is 5.11 Å². The molecule has 3 N–H and O–H groups in total. The minimum Gasteiger partial charge on any atom is -0.481 e. The van der Waals surface area contributed by atoms with Crippen molar-refractivity contribution >= 4 is 40.7 Å². The van der Waals surface area contributed by atoms with Crippen molar-refractivity contribution in [3.63, 3.8) is 0 Å². The van der Waals surface area contributed by atoms with Crippen LogP contribution >= 0.6 is 0 Å². The van der Waals surface area contributed by atoms with Crippen molar-refractivity contribution in [2.75, 3.05) is 6.54 Å². The summed E-state index contributed by atoms with van der Waals surface area (Å²) < 4.78 is 0. The monoisotopic (exact) mass is 440 g/mol. The first-order valence-corrected chi connectivity index (χ1v) is 10.2. The quantitative estimate of drug-likeness (QED) is 0.507. The van der Waals surface area contributed by atoms with Gasteiger partial charge in [-0.25, -0.2) is 0 Å². The summed E-state index contributed by atoms with van der Waals surface area (Å²) in [7, 11) is 0. The van der Waals surface area contributed by atoms with Crippen LogP contribution in [-0.4, -0.2) is 69.6 Å². The van der Waals surface area contributed by atoms with Gasteiger partial charge in [-0.15, -0.1) is 0 Å². The predicted octanol–water partition coefficient (Wildman–Crippen LogP) is 0.503. The smallest absolute Gasteiger partial charge is 0.305 e. The zero-order valence-corrected chi connectivity index (χ0v) is 17.5. The number of hydrogen-bond acceptors (Lipinski definition) is 6. The molecular weight excluding hydrogens is 416 g/mol. The molecule has 3 rings (SSSR count). The molecule has 10 heteroatoms. The molecule has 32 heavy (non-hydrogen) atoms. The normalized spacial score (nSPS) is 17.4. The number of carboxylic acids is 1. The lowest BCUT2D eigenvalue weighted by atomic mass is 10.1. The number of aromatic nitrogens is 1. The van der Waals surface area contributed by atoms with Gasteiger partial charge in [-0.05, 0) is 31.2 Å². The summed E-state index contributed by atoms with van der Waals surface area (Å²) in [6, 6.07) is 6.11. The van der Waals surface area contributed by atoms with Crippen molar-refractivity contribution in [3.05, 3.63) is 42.2 Å². The average molecular weight is 440 g/mol. The zero-order chi connectivity index (χ0) is 23.3. The number of carbonyl (C=O) groups excluding carboxylic acids is 4. The molecule has 168 valence electrons. The summed E-state index contributed by atoms with van der Waals surface area (Å²) in [5, 5.41) is 15.3. The standard InChI is InChI=1S/C22H24N4O6/c1-13(24-21(31)19-16-6-3-2-5-14(16)8-9-23-19)22(32)26-10-4-7-17(26)20(30)25-15(12-27)11-18(28)29/h2-3,5-6,8-9,12-13,15,17H,4,7,10-11H2,1H3,(H,24,31)(H,25,30)(H,28,29)/t13-,15-,17-/m0/s1. The summed E-state index contributed by atoms with van der Waals surface area (Å²) >= 11 is 0. The average Bonchev–Trinajstić information content (AvgIpc) is 3.27. The van der Waals surface area contributed by atoms with E-state index in [1.54, 1.807) is 18.2 Å². The number of fused-ring (bicyclic) bond motifs is 1. The van der Waals surface area contributed by atoms with Crippen LogP contribution in [0.2, 0.25) is 0 Å². The Hall–Kier alpha value is -3.82. The maximum Gasteiger partial charge on any atom is 0.305 e. The van der Waals surface area contributed by atoms with Gasteiger partial charge in [0.25, 0.3) is 5.91 Å². The van der Waals surface area contributed by atoms with E-state index in [1.165, 1.54) is 18.0 Å². The van der Waals surface area contributed by atoms with Gasteiger partial charge >= 0.3 is 5.97 Å². The van der Waals surface area contributed by atoms with Gasteiger partial charge < -0.3 is 25.4 Å². The summed E-state index contributed by atoms with van der Waals surface area (Å²) in [6.07, 6.45) is 2.28. The van der Waals surface area contributed by atoms with Crippen molar-refractivity contribution < 1.29 is 29.1 Å². The molecule has 0 spiro atoms. The molecule has 0 bridgehead atoms. The van der Waals surface area contributed by atoms with Crippen LogP contribution in [0, 0.1) is 0 Å². The first-order chi connectivity index (χ1) is 15.3. The number of nitrogens with one attached hydrogen (secondary N) is 2. The Morgan fingerprint density at radius 2 is 1.97 bits per heavy atom. The number of aliphatic carboxylic acids is 1.